The number of rotatable bonds is 3. The Kier molecular flexibility index (Phi) is 3.19. The van der Waals surface area contributed by atoms with Gasteiger partial charge in [0, 0.05) is 0 Å². The van der Waals surface area contributed by atoms with Crippen molar-refractivity contribution in [3.63, 3.8) is 0 Å². The first-order valence-corrected chi connectivity index (χ1v) is 6.44. The predicted molar refractivity (Wildman–Crippen MR) is 73.4 cm³/mol. The quantitative estimate of drug-likeness (QED) is 0.832. The molecule has 2 aliphatic rings. The number of fused-ring (bicyclic) bond motifs is 1. The van der Waals surface area contributed by atoms with Gasteiger partial charge in [-0.05, 0) is 31.7 Å². The number of hydrogen-bond donors (Lipinski definition) is 2. The van der Waals surface area contributed by atoms with Crippen molar-refractivity contribution >= 4 is 17.5 Å². The van der Waals surface area contributed by atoms with Gasteiger partial charge in [0.05, 0.1) is 6.54 Å². The fraction of sp³-hybridized carbons (Fsp3) is 0.385. The number of nitrogens with zero attached hydrogens (tertiary/aromatic N) is 2. The molecule has 0 bridgehead atoms. The fourth-order valence-corrected chi connectivity index (χ4v) is 2.26. The summed E-state index contributed by atoms with van der Waals surface area (Å²) in [6.07, 6.45) is 0.788. The van der Waals surface area contributed by atoms with Crippen LogP contribution in [0.2, 0.25) is 0 Å². The van der Waals surface area contributed by atoms with Crippen LogP contribution in [0.3, 0.4) is 0 Å². The Hall–Kier alpha value is -2.28. The number of hydrogen-bond acceptors (Lipinski definition) is 6. The summed E-state index contributed by atoms with van der Waals surface area (Å²) >= 11 is 0. The Morgan fingerprint density at radius 1 is 1.55 bits per heavy atom. The highest BCUT2D eigenvalue weighted by Crippen LogP contribution is 2.32. The fourth-order valence-electron chi connectivity index (χ4n) is 2.26. The Balaban J connectivity index is 1.82. The summed E-state index contributed by atoms with van der Waals surface area (Å²) in [6.45, 7) is 5.11. The van der Waals surface area contributed by atoms with E-state index in [0.717, 1.165) is 6.42 Å². The molecule has 0 spiro atoms. The zero-order valence-electron chi connectivity index (χ0n) is 11.0. The molecule has 0 saturated carbocycles. The van der Waals surface area contributed by atoms with Gasteiger partial charge in [-0.15, -0.1) is 0 Å². The summed E-state index contributed by atoms with van der Waals surface area (Å²) in [4.78, 5) is 17.6. The third-order valence-corrected chi connectivity index (χ3v) is 3.22. The van der Waals surface area contributed by atoms with Crippen LogP contribution in [0, 0.1) is 0 Å². The van der Waals surface area contributed by atoms with Gasteiger partial charge in [0.15, 0.2) is 24.1 Å². The van der Waals surface area contributed by atoms with Crippen molar-refractivity contribution in [3.05, 3.63) is 24.6 Å². The summed E-state index contributed by atoms with van der Waals surface area (Å²) < 4.78 is 10.9. The molecular formula is C13H16N4O3. The second kappa shape index (κ2) is 5.01. The van der Waals surface area contributed by atoms with Gasteiger partial charge in [-0.2, -0.15) is 0 Å². The number of nitrogens with one attached hydrogen (secondary N) is 1. The molecule has 3 heterocycles. The number of carbonyl (C=O) groups is 1. The van der Waals surface area contributed by atoms with Crippen molar-refractivity contribution in [1.29, 1.82) is 0 Å². The molecule has 0 aliphatic carbocycles. The van der Waals surface area contributed by atoms with E-state index in [1.807, 2.05) is 11.0 Å². The van der Waals surface area contributed by atoms with E-state index in [4.69, 9.17) is 15.2 Å². The minimum Gasteiger partial charge on any atom is -0.480 e. The highest BCUT2D eigenvalue weighted by atomic mass is 16.5. The molecule has 1 aromatic rings. The van der Waals surface area contributed by atoms with Crippen molar-refractivity contribution in [3.8, 4) is 5.75 Å². The number of amides is 1. The zero-order valence-corrected chi connectivity index (χ0v) is 11.0. The van der Waals surface area contributed by atoms with E-state index in [2.05, 4.69) is 16.9 Å². The first-order valence-electron chi connectivity index (χ1n) is 6.44. The first-order chi connectivity index (χ1) is 9.67. The number of ether oxygens (including phenoxy) is 2. The predicted octanol–water partition coefficient (Wildman–Crippen LogP) is 0.438. The average Bonchev–Trinajstić information content (AvgIpc) is 2.79. The second-order valence-corrected chi connectivity index (χ2v) is 4.67. The molecule has 1 saturated heterocycles. The van der Waals surface area contributed by atoms with Crippen molar-refractivity contribution in [2.45, 2.75) is 12.5 Å². The molecule has 3 N–H and O–H groups in total. The van der Waals surface area contributed by atoms with Crippen LogP contribution in [0.4, 0.5) is 11.6 Å². The summed E-state index contributed by atoms with van der Waals surface area (Å²) in [6, 6.07) is 3.59. The van der Waals surface area contributed by atoms with E-state index in [1.165, 1.54) is 0 Å². The molecule has 1 fully saturated rings. The van der Waals surface area contributed by atoms with Crippen molar-refractivity contribution in [2.75, 3.05) is 29.9 Å². The van der Waals surface area contributed by atoms with Crippen molar-refractivity contribution in [1.82, 2.24) is 4.98 Å². The molecule has 7 nitrogen and oxygen atoms in total. The molecule has 7 heteroatoms. The number of anilines is 2. The van der Waals surface area contributed by atoms with Crippen molar-refractivity contribution in [2.24, 2.45) is 5.73 Å². The summed E-state index contributed by atoms with van der Waals surface area (Å²) in [5.74, 6) is 1.99. The molecule has 0 radical (unpaired) electrons. The number of aromatic nitrogens is 1. The topological polar surface area (TPSA) is 89.7 Å². The molecule has 2 aliphatic heterocycles. The largest absolute Gasteiger partial charge is 0.480 e. The van der Waals surface area contributed by atoms with Crippen molar-refractivity contribution < 1.29 is 14.3 Å². The molecule has 20 heavy (non-hydrogen) atoms. The van der Waals surface area contributed by atoms with E-state index in [1.54, 1.807) is 6.07 Å². The smallest absolute Gasteiger partial charge is 0.263 e. The van der Waals surface area contributed by atoms with Crippen LogP contribution in [0.15, 0.2) is 24.6 Å². The lowest BCUT2D eigenvalue weighted by atomic mass is 10.2. The van der Waals surface area contributed by atoms with Gasteiger partial charge in [-0.1, -0.05) is 0 Å². The summed E-state index contributed by atoms with van der Waals surface area (Å²) in [5.41, 5.74) is 5.54. The molecule has 0 aromatic carbocycles. The molecule has 1 atom stereocenters. The number of nitrogens with two attached hydrogens (primary N) is 1. The third kappa shape index (κ3) is 2.27. The van der Waals surface area contributed by atoms with Crippen LogP contribution < -0.4 is 20.7 Å². The minimum absolute atomic E-state index is 0.0200. The highest BCUT2D eigenvalue weighted by Gasteiger charge is 2.29. The molecule has 1 amide bonds. The Labute approximate surface area is 116 Å². The molecule has 106 valence electrons. The van der Waals surface area contributed by atoms with E-state index < -0.39 is 0 Å². The standard InChI is InChI=1S/C13H16N4O3/c1-8-17(6-9(20-8)4-5-14)11-3-2-10-13(15-11)16-12(18)7-19-10/h2-3,9H,1,4-7,14H2,(H,15,16,18). The molecule has 1 aromatic heterocycles. The Bertz CT molecular complexity index is 561. The van der Waals surface area contributed by atoms with E-state index in [-0.39, 0.29) is 18.6 Å². The number of carbonyl (C=O) groups excluding carboxylic acids is 1. The Morgan fingerprint density at radius 3 is 3.20 bits per heavy atom. The van der Waals surface area contributed by atoms with Crippen LogP contribution in [-0.2, 0) is 9.53 Å². The summed E-state index contributed by atoms with van der Waals surface area (Å²) in [5, 5.41) is 2.68. The minimum atomic E-state index is -0.209. The van der Waals surface area contributed by atoms with Gasteiger partial charge >= 0.3 is 0 Å². The maximum absolute atomic E-state index is 11.3. The molecule has 3 rings (SSSR count). The maximum Gasteiger partial charge on any atom is 0.263 e. The van der Waals surface area contributed by atoms with E-state index >= 15 is 0 Å². The van der Waals surface area contributed by atoms with Gasteiger partial charge in [-0.3, -0.25) is 9.69 Å². The van der Waals surface area contributed by atoms with Crippen LogP contribution in [-0.4, -0.2) is 36.7 Å². The van der Waals surface area contributed by atoms with Crippen LogP contribution >= 0.6 is 0 Å². The lowest BCUT2D eigenvalue weighted by Gasteiger charge is -2.20. The van der Waals surface area contributed by atoms with Gasteiger partial charge in [0.1, 0.15) is 11.9 Å². The van der Waals surface area contributed by atoms with E-state index in [0.29, 0.717) is 36.4 Å². The van der Waals surface area contributed by atoms with Gasteiger partial charge in [-0.25, -0.2) is 4.98 Å². The van der Waals surface area contributed by atoms with Gasteiger partial charge < -0.3 is 20.5 Å². The third-order valence-electron chi connectivity index (χ3n) is 3.22. The molecule has 1 unspecified atom stereocenters. The summed E-state index contributed by atoms with van der Waals surface area (Å²) in [7, 11) is 0. The second-order valence-electron chi connectivity index (χ2n) is 4.67. The van der Waals surface area contributed by atoms with Crippen LogP contribution in [0.1, 0.15) is 6.42 Å². The maximum atomic E-state index is 11.3. The monoisotopic (exact) mass is 276 g/mol. The first kappa shape index (κ1) is 12.7. The van der Waals surface area contributed by atoms with Crippen LogP contribution in [0.25, 0.3) is 0 Å². The average molecular weight is 276 g/mol. The highest BCUT2D eigenvalue weighted by molar-refractivity contribution is 5.94. The zero-order chi connectivity index (χ0) is 14.1. The van der Waals surface area contributed by atoms with Gasteiger partial charge in [0.25, 0.3) is 5.91 Å². The Morgan fingerprint density at radius 2 is 2.40 bits per heavy atom. The normalized spacial score (nSPS) is 21.1. The SMILES string of the molecule is C=C1OC(CCN)CN1c1ccc2c(n1)NC(=O)CO2. The lowest BCUT2D eigenvalue weighted by Crippen LogP contribution is -2.27. The van der Waals surface area contributed by atoms with Crippen LogP contribution in [0.5, 0.6) is 5.75 Å². The lowest BCUT2D eigenvalue weighted by molar-refractivity contribution is -0.118. The van der Waals surface area contributed by atoms with E-state index in [9.17, 15) is 4.79 Å². The number of pyridine rings is 1. The van der Waals surface area contributed by atoms with Gasteiger partial charge in [0.2, 0.25) is 0 Å². The molecular weight excluding hydrogens is 260 g/mol.